The van der Waals surface area contributed by atoms with Crippen molar-refractivity contribution in [3.63, 3.8) is 0 Å². The Bertz CT molecular complexity index is 1690. The first kappa shape index (κ1) is 23.8. The van der Waals surface area contributed by atoms with Crippen LogP contribution in [0.2, 0.25) is 0 Å². The molecule has 3 heterocycles. The van der Waals surface area contributed by atoms with Gasteiger partial charge in [0.1, 0.15) is 11.8 Å². The van der Waals surface area contributed by atoms with Gasteiger partial charge >= 0.3 is 5.97 Å². The lowest BCUT2D eigenvalue weighted by atomic mass is 9.95. The summed E-state index contributed by atoms with van der Waals surface area (Å²) in [6.07, 6.45) is 1.91. The summed E-state index contributed by atoms with van der Waals surface area (Å²) in [7, 11) is 0. The average Bonchev–Trinajstić information content (AvgIpc) is 3.34. The summed E-state index contributed by atoms with van der Waals surface area (Å²) in [6.45, 7) is 8.11. The number of rotatable bonds is 6. The second-order valence-electron chi connectivity index (χ2n) is 8.48. The maximum atomic E-state index is 13.9. The molecule has 0 bridgehead atoms. The molecule has 1 N–H and O–H groups in total. The Morgan fingerprint density at radius 2 is 1.86 bits per heavy atom. The molecule has 0 radical (unpaired) electrons. The molecule has 0 fully saturated rings. The highest BCUT2D eigenvalue weighted by atomic mass is 32.1. The van der Waals surface area contributed by atoms with Crippen LogP contribution in [-0.4, -0.2) is 28.7 Å². The Kier molecular flexibility index (Phi) is 6.36. The van der Waals surface area contributed by atoms with Crippen molar-refractivity contribution in [2.75, 3.05) is 13.2 Å². The number of allylic oxidation sites excluding steroid dienone is 1. The van der Waals surface area contributed by atoms with Crippen LogP contribution in [0.25, 0.3) is 17.0 Å². The van der Waals surface area contributed by atoms with Gasteiger partial charge in [-0.25, -0.2) is 9.79 Å². The van der Waals surface area contributed by atoms with E-state index in [0.29, 0.717) is 38.5 Å². The molecule has 1 aliphatic heterocycles. The highest BCUT2D eigenvalue weighted by Crippen LogP contribution is 2.35. The summed E-state index contributed by atoms with van der Waals surface area (Å²) in [5, 5.41) is 1.04. The first-order valence-corrected chi connectivity index (χ1v) is 12.7. The molecule has 0 aliphatic carbocycles. The molecule has 7 nitrogen and oxygen atoms in total. The van der Waals surface area contributed by atoms with Crippen LogP contribution in [0.1, 0.15) is 43.6 Å². The zero-order valence-corrected chi connectivity index (χ0v) is 21.4. The van der Waals surface area contributed by atoms with E-state index in [9.17, 15) is 9.59 Å². The van der Waals surface area contributed by atoms with E-state index in [1.165, 1.54) is 11.3 Å². The monoisotopic (exact) mass is 501 g/mol. The maximum Gasteiger partial charge on any atom is 0.338 e. The van der Waals surface area contributed by atoms with Crippen LogP contribution in [0.5, 0.6) is 5.75 Å². The number of aryl methyl sites for hydroxylation is 1. The Hall–Kier alpha value is -3.91. The van der Waals surface area contributed by atoms with E-state index in [-0.39, 0.29) is 12.2 Å². The van der Waals surface area contributed by atoms with Crippen LogP contribution in [0.3, 0.4) is 0 Å². The molecular weight excluding hydrogens is 474 g/mol. The van der Waals surface area contributed by atoms with Crippen molar-refractivity contribution in [2.45, 2.75) is 33.7 Å². The Balaban J connectivity index is 1.78. The van der Waals surface area contributed by atoms with E-state index in [4.69, 9.17) is 9.47 Å². The zero-order valence-electron chi connectivity index (χ0n) is 20.6. The van der Waals surface area contributed by atoms with Crippen molar-refractivity contribution >= 4 is 34.3 Å². The fourth-order valence-corrected chi connectivity index (χ4v) is 5.72. The number of ether oxygens (including phenoxy) is 2. The van der Waals surface area contributed by atoms with Gasteiger partial charge in [0.2, 0.25) is 0 Å². The number of nitrogens with one attached hydrogen (secondary N) is 1. The first-order valence-electron chi connectivity index (χ1n) is 11.9. The second-order valence-corrected chi connectivity index (χ2v) is 9.49. The number of thiazole rings is 1. The van der Waals surface area contributed by atoms with Crippen molar-refractivity contribution in [3.05, 3.63) is 96.3 Å². The molecule has 0 saturated heterocycles. The Labute approximate surface area is 212 Å². The van der Waals surface area contributed by atoms with E-state index in [1.54, 1.807) is 18.4 Å². The molecular formula is C28H27N3O4S. The van der Waals surface area contributed by atoms with Crippen molar-refractivity contribution < 1.29 is 14.3 Å². The van der Waals surface area contributed by atoms with Gasteiger partial charge in [0, 0.05) is 27.7 Å². The Morgan fingerprint density at radius 1 is 1.11 bits per heavy atom. The van der Waals surface area contributed by atoms with Crippen molar-refractivity contribution in [3.8, 4) is 5.75 Å². The van der Waals surface area contributed by atoms with Crippen molar-refractivity contribution in [2.24, 2.45) is 4.99 Å². The van der Waals surface area contributed by atoms with Gasteiger partial charge in [-0.3, -0.25) is 9.36 Å². The summed E-state index contributed by atoms with van der Waals surface area (Å²) in [5.74, 6) is 0.125. The van der Waals surface area contributed by atoms with Crippen LogP contribution in [0.4, 0.5) is 0 Å². The smallest absolute Gasteiger partial charge is 0.338 e. The molecule has 1 atom stereocenters. The topological polar surface area (TPSA) is 85.7 Å². The van der Waals surface area contributed by atoms with Crippen LogP contribution in [-0.2, 0) is 9.53 Å². The second kappa shape index (κ2) is 9.62. The number of hydrogen-bond acceptors (Lipinski definition) is 6. The number of aromatic nitrogens is 2. The highest BCUT2D eigenvalue weighted by molar-refractivity contribution is 7.07. The number of fused-ring (bicyclic) bond motifs is 2. The third kappa shape index (κ3) is 3.97. The quantitative estimate of drug-likeness (QED) is 0.405. The van der Waals surface area contributed by atoms with Crippen LogP contribution in [0, 0.1) is 6.92 Å². The predicted octanol–water partition coefficient (Wildman–Crippen LogP) is 3.99. The number of aromatic amines is 1. The van der Waals surface area contributed by atoms with Crippen LogP contribution >= 0.6 is 11.3 Å². The summed E-state index contributed by atoms with van der Waals surface area (Å²) >= 11 is 1.31. The first-order chi connectivity index (χ1) is 17.4. The molecule has 36 heavy (non-hydrogen) atoms. The number of nitrogens with zero attached hydrogens (tertiary/aromatic N) is 2. The van der Waals surface area contributed by atoms with Gasteiger partial charge < -0.3 is 14.5 Å². The van der Waals surface area contributed by atoms with Crippen LogP contribution in [0.15, 0.2) is 69.6 Å². The highest BCUT2D eigenvalue weighted by Gasteiger charge is 2.35. The lowest BCUT2D eigenvalue weighted by molar-refractivity contribution is -0.139. The molecule has 2 aromatic carbocycles. The normalized spacial score (nSPS) is 15.7. The van der Waals surface area contributed by atoms with E-state index < -0.39 is 12.0 Å². The number of benzene rings is 2. The number of para-hydroxylation sites is 2. The molecule has 4 aromatic rings. The van der Waals surface area contributed by atoms with E-state index in [1.807, 2.05) is 68.5 Å². The number of carbonyl (C=O) groups is 1. The summed E-state index contributed by atoms with van der Waals surface area (Å²) in [5.41, 5.74) is 4.32. The van der Waals surface area contributed by atoms with Gasteiger partial charge in [0.05, 0.1) is 29.0 Å². The largest absolute Gasteiger partial charge is 0.494 e. The number of H-pyrrole nitrogens is 1. The van der Waals surface area contributed by atoms with Gasteiger partial charge in [-0.2, -0.15) is 0 Å². The number of esters is 1. The minimum absolute atomic E-state index is 0.214. The molecule has 0 amide bonds. The molecule has 184 valence electrons. The average molecular weight is 502 g/mol. The molecule has 8 heteroatoms. The Morgan fingerprint density at radius 3 is 2.64 bits per heavy atom. The minimum Gasteiger partial charge on any atom is -0.494 e. The maximum absolute atomic E-state index is 13.9. The molecule has 1 aliphatic rings. The van der Waals surface area contributed by atoms with Crippen molar-refractivity contribution in [1.29, 1.82) is 0 Å². The number of hydrogen-bond donors (Lipinski definition) is 1. The van der Waals surface area contributed by atoms with E-state index in [2.05, 4.69) is 9.98 Å². The van der Waals surface area contributed by atoms with E-state index in [0.717, 1.165) is 22.2 Å². The third-order valence-corrected chi connectivity index (χ3v) is 7.23. The van der Waals surface area contributed by atoms with E-state index >= 15 is 0 Å². The summed E-state index contributed by atoms with van der Waals surface area (Å²) < 4.78 is 13.4. The molecule has 0 unspecified atom stereocenters. The van der Waals surface area contributed by atoms with Gasteiger partial charge in [-0.05, 0) is 45.9 Å². The fraction of sp³-hybridized carbons (Fsp3) is 0.250. The standard InChI is InChI=1S/C28H27N3O4S/c1-5-34-22-14-10-8-12-19(22)25-24(27(33)35-6-2)17(4)30-28-31(25)26(32)23(36-28)15-20-16(3)29-21-13-9-7-11-18(20)21/h7-15,25,29H,5-6H2,1-4H3/b23-15-/t25-/m0/s1. The minimum atomic E-state index is -0.714. The van der Waals surface area contributed by atoms with Crippen LogP contribution < -0.4 is 19.6 Å². The molecule has 0 spiro atoms. The SMILES string of the molecule is CCOC(=O)C1=C(C)N=c2s/c(=C\c3c(C)[nH]c4ccccc34)c(=O)n2[C@H]1c1ccccc1OCC. The zero-order chi connectivity index (χ0) is 25.4. The summed E-state index contributed by atoms with van der Waals surface area (Å²) in [6, 6.07) is 14.8. The molecule has 0 saturated carbocycles. The predicted molar refractivity (Wildman–Crippen MR) is 141 cm³/mol. The summed E-state index contributed by atoms with van der Waals surface area (Å²) in [4.78, 5) is 35.6. The van der Waals surface area contributed by atoms with Gasteiger partial charge in [0.15, 0.2) is 4.80 Å². The third-order valence-electron chi connectivity index (χ3n) is 6.25. The molecule has 2 aromatic heterocycles. The number of carbonyl (C=O) groups excluding carboxylic acids is 1. The fourth-order valence-electron chi connectivity index (χ4n) is 4.69. The van der Waals surface area contributed by atoms with Gasteiger partial charge in [0.25, 0.3) is 5.56 Å². The lowest BCUT2D eigenvalue weighted by Crippen LogP contribution is -2.40. The van der Waals surface area contributed by atoms with Gasteiger partial charge in [-0.15, -0.1) is 0 Å². The lowest BCUT2D eigenvalue weighted by Gasteiger charge is -2.26. The molecule has 5 rings (SSSR count). The van der Waals surface area contributed by atoms with Gasteiger partial charge in [-0.1, -0.05) is 47.7 Å². The van der Waals surface area contributed by atoms with Crippen molar-refractivity contribution in [1.82, 2.24) is 9.55 Å².